The van der Waals surface area contributed by atoms with E-state index in [-0.39, 0.29) is 24.9 Å². The first-order chi connectivity index (χ1) is 6.43. The van der Waals surface area contributed by atoms with Gasteiger partial charge in [0.2, 0.25) is 0 Å². The van der Waals surface area contributed by atoms with Gasteiger partial charge in [-0.05, 0) is 0 Å². The van der Waals surface area contributed by atoms with Crippen LogP contribution in [-0.4, -0.2) is 42.9 Å². The van der Waals surface area contributed by atoms with Crippen molar-refractivity contribution < 1.29 is 19.7 Å². The summed E-state index contributed by atoms with van der Waals surface area (Å²) in [5, 5.41) is 18.2. The third kappa shape index (κ3) is 2.45. The van der Waals surface area contributed by atoms with Crippen LogP contribution in [0.2, 0.25) is 0 Å². The molecule has 0 unspecified atom stereocenters. The van der Waals surface area contributed by atoms with E-state index in [0.717, 1.165) is 0 Å². The van der Waals surface area contributed by atoms with Gasteiger partial charge in [-0.3, -0.25) is 0 Å². The van der Waals surface area contributed by atoms with Gasteiger partial charge in [0.15, 0.2) is 6.29 Å². The summed E-state index contributed by atoms with van der Waals surface area (Å²) in [6.07, 6.45) is -0.256. The first-order valence-corrected chi connectivity index (χ1v) is 4.88. The van der Waals surface area contributed by atoms with Crippen LogP contribution in [0.15, 0.2) is 0 Å². The fraction of sp³-hybridized carbons (Fsp3) is 1.00. The average molecular weight is 204 g/mol. The second-order valence-electron chi connectivity index (χ2n) is 5.14. The van der Waals surface area contributed by atoms with Gasteiger partial charge in [0.1, 0.15) is 0 Å². The Morgan fingerprint density at radius 1 is 1.14 bits per heavy atom. The van der Waals surface area contributed by atoms with Crippen LogP contribution >= 0.6 is 0 Å². The lowest BCUT2D eigenvalue weighted by atomic mass is 9.89. The van der Waals surface area contributed by atoms with Gasteiger partial charge < -0.3 is 19.7 Å². The number of aliphatic hydroxyl groups is 2. The Morgan fingerprint density at radius 2 is 1.57 bits per heavy atom. The lowest BCUT2D eigenvalue weighted by Gasteiger charge is -2.41. The number of rotatable bonds is 2. The largest absolute Gasteiger partial charge is 0.396 e. The predicted molar refractivity (Wildman–Crippen MR) is 51.8 cm³/mol. The summed E-state index contributed by atoms with van der Waals surface area (Å²) in [5.74, 6) is 0. The van der Waals surface area contributed by atoms with Crippen LogP contribution in [0.25, 0.3) is 0 Å². The molecule has 1 aliphatic rings. The van der Waals surface area contributed by atoms with Gasteiger partial charge in [-0.25, -0.2) is 0 Å². The molecule has 14 heavy (non-hydrogen) atoms. The highest BCUT2D eigenvalue weighted by atomic mass is 16.7. The van der Waals surface area contributed by atoms with E-state index in [1.807, 2.05) is 20.8 Å². The molecule has 1 heterocycles. The molecule has 84 valence electrons. The molecular formula is C10H20O4. The average Bonchev–Trinajstić information content (AvgIpc) is 2.16. The molecule has 1 saturated heterocycles. The number of aliphatic hydroxyl groups excluding tert-OH is 2. The van der Waals surface area contributed by atoms with Gasteiger partial charge in [0.25, 0.3) is 0 Å². The molecule has 1 fully saturated rings. The van der Waals surface area contributed by atoms with Crippen LogP contribution < -0.4 is 0 Å². The van der Waals surface area contributed by atoms with Crippen LogP contribution in [-0.2, 0) is 9.47 Å². The topological polar surface area (TPSA) is 58.9 Å². The Kier molecular flexibility index (Phi) is 3.53. The summed E-state index contributed by atoms with van der Waals surface area (Å²) in [6.45, 7) is 6.57. The number of ether oxygens (including phenoxy) is 2. The van der Waals surface area contributed by atoms with E-state index in [4.69, 9.17) is 19.7 Å². The van der Waals surface area contributed by atoms with E-state index in [1.165, 1.54) is 0 Å². The molecule has 2 N–H and O–H groups in total. The van der Waals surface area contributed by atoms with Gasteiger partial charge in [0, 0.05) is 5.41 Å². The maximum Gasteiger partial charge on any atom is 0.162 e. The van der Waals surface area contributed by atoms with Gasteiger partial charge in [0.05, 0.1) is 31.8 Å². The molecule has 1 rings (SSSR count). The minimum absolute atomic E-state index is 0.0723. The second kappa shape index (κ2) is 4.14. The van der Waals surface area contributed by atoms with Gasteiger partial charge in [-0.1, -0.05) is 20.8 Å². The smallest absolute Gasteiger partial charge is 0.162 e. The van der Waals surface area contributed by atoms with Crippen molar-refractivity contribution in [3.63, 3.8) is 0 Å². The molecule has 0 saturated carbocycles. The zero-order chi connectivity index (χ0) is 10.8. The standard InChI is InChI=1S/C10H20O4/c1-9(2,3)8-13-6-10(4-11,5-12)7-14-8/h8,11-12H,4-7H2,1-3H3. The van der Waals surface area contributed by atoms with Crippen LogP contribution in [0.3, 0.4) is 0 Å². The van der Waals surface area contributed by atoms with Crippen molar-refractivity contribution in [1.29, 1.82) is 0 Å². The molecule has 0 aromatic carbocycles. The molecule has 4 nitrogen and oxygen atoms in total. The molecule has 0 aliphatic carbocycles. The van der Waals surface area contributed by atoms with E-state index in [1.54, 1.807) is 0 Å². The third-order valence-electron chi connectivity index (χ3n) is 2.46. The summed E-state index contributed by atoms with van der Waals surface area (Å²) in [6, 6.07) is 0. The van der Waals surface area contributed by atoms with E-state index < -0.39 is 5.41 Å². The highest BCUT2D eigenvalue weighted by molar-refractivity contribution is 4.82. The fourth-order valence-electron chi connectivity index (χ4n) is 1.33. The Bertz CT molecular complexity index is 171. The van der Waals surface area contributed by atoms with Crippen LogP contribution in [0.1, 0.15) is 20.8 Å². The summed E-state index contributed by atoms with van der Waals surface area (Å²) in [5.41, 5.74) is -0.696. The van der Waals surface area contributed by atoms with Crippen molar-refractivity contribution in [3.8, 4) is 0 Å². The number of hydrogen-bond donors (Lipinski definition) is 2. The highest BCUT2D eigenvalue weighted by Crippen LogP contribution is 2.31. The Hall–Kier alpha value is -0.160. The quantitative estimate of drug-likeness (QED) is 0.682. The maximum atomic E-state index is 9.11. The normalized spacial score (nSPS) is 23.8. The first kappa shape index (κ1) is 11.9. The second-order valence-corrected chi connectivity index (χ2v) is 5.14. The SMILES string of the molecule is CC(C)(C)C1OCC(CO)(CO)CO1. The van der Waals surface area contributed by atoms with E-state index in [0.29, 0.717) is 13.2 Å². The summed E-state index contributed by atoms with van der Waals surface area (Å²) >= 11 is 0. The molecule has 0 aromatic rings. The predicted octanol–water partition coefficient (Wildman–Crippen LogP) is 0.376. The van der Waals surface area contributed by atoms with Crippen LogP contribution in [0.5, 0.6) is 0 Å². The maximum absolute atomic E-state index is 9.11. The van der Waals surface area contributed by atoms with Crippen molar-refractivity contribution in [1.82, 2.24) is 0 Å². The highest BCUT2D eigenvalue weighted by Gasteiger charge is 2.39. The minimum Gasteiger partial charge on any atom is -0.396 e. The lowest BCUT2D eigenvalue weighted by molar-refractivity contribution is -0.276. The Morgan fingerprint density at radius 3 is 1.86 bits per heavy atom. The monoisotopic (exact) mass is 204 g/mol. The number of hydrogen-bond acceptors (Lipinski definition) is 4. The molecule has 0 amide bonds. The first-order valence-electron chi connectivity index (χ1n) is 4.88. The van der Waals surface area contributed by atoms with Crippen molar-refractivity contribution in [2.24, 2.45) is 10.8 Å². The molecular weight excluding hydrogens is 184 g/mol. The van der Waals surface area contributed by atoms with Gasteiger partial charge in [-0.2, -0.15) is 0 Å². The zero-order valence-corrected chi connectivity index (χ0v) is 9.12. The van der Waals surface area contributed by atoms with Crippen molar-refractivity contribution >= 4 is 0 Å². The van der Waals surface area contributed by atoms with Crippen molar-refractivity contribution in [3.05, 3.63) is 0 Å². The van der Waals surface area contributed by atoms with Crippen molar-refractivity contribution in [2.75, 3.05) is 26.4 Å². The summed E-state index contributed by atoms with van der Waals surface area (Å²) < 4.78 is 11.0. The Labute approximate surface area is 84.8 Å². The molecule has 0 radical (unpaired) electrons. The van der Waals surface area contributed by atoms with Gasteiger partial charge in [-0.15, -0.1) is 0 Å². The molecule has 0 spiro atoms. The molecule has 0 bridgehead atoms. The zero-order valence-electron chi connectivity index (χ0n) is 9.12. The molecule has 1 aliphatic heterocycles. The third-order valence-corrected chi connectivity index (χ3v) is 2.46. The van der Waals surface area contributed by atoms with E-state index in [2.05, 4.69) is 0 Å². The molecule has 0 aromatic heterocycles. The Balaban J connectivity index is 2.53. The van der Waals surface area contributed by atoms with Gasteiger partial charge >= 0.3 is 0 Å². The van der Waals surface area contributed by atoms with E-state index in [9.17, 15) is 0 Å². The molecule has 0 atom stereocenters. The van der Waals surface area contributed by atoms with Crippen LogP contribution in [0.4, 0.5) is 0 Å². The summed E-state index contributed by atoms with van der Waals surface area (Å²) in [4.78, 5) is 0. The van der Waals surface area contributed by atoms with Crippen LogP contribution in [0, 0.1) is 10.8 Å². The van der Waals surface area contributed by atoms with Crippen molar-refractivity contribution in [2.45, 2.75) is 27.1 Å². The minimum atomic E-state index is -0.623. The fourth-order valence-corrected chi connectivity index (χ4v) is 1.33. The lowest BCUT2D eigenvalue weighted by Crippen LogP contribution is -2.50. The summed E-state index contributed by atoms with van der Waals surface area (Å²) in [7, 11) is 0. The van der Waals surface area contributed by atoms with E-state index >= 15 is 0 Å². The molecule has 4 heteroatoms.